The molecule has 24 heavy (non-hydrogen) atoms. The normalized spacial score (nSPS) is 17.9. The molecule has 4 nitrogen and oxygen atoms in total. The number of alkyl halides is 3. The first kappa shape index (κ1) is 18.6. The van der Waals surface area contributed by atoms with E-state index in [1.807, 2.05) is 13.8 Å². The fraction of sp³-hybridized carbons (Fsp3) is 0.588. The lowest BCUT2D eigenvalue weighted by molar-refractivity contribution is -0.272. The van der Waals surface area contributed by atoms with Crippen molar-refractivity contribution in [2.75, 3.05) is 13.1 Å². The van der Waals surface area contributed by atoms with Crippen LogP contribution >= 0.6 is 0 Å². The number of aliphatic hydroxyl groups is 1. The van der Waals surface area contributed by atoms with E-state index < -0.39 is 24.6 Å². The Kier molecular flexibility index (Phi) is 5.42. The summed E-state index contributed by atoms with van der Waals surface area (Å²) in [5.41, 5.74) is -1.99. The highest BCUT2D eigenvalue weighted by Crippen LogP contribution is 2.38. The minimum absolute atomic E-state index is 0.0435. The summed E-state index contributed by atoms with van der Waals surface area (Å²) in [6, 6.07) is 7.12. The van der Waals surface area contributed by atoms with E-state index in [2.05, 4.69) is 0 Å². The third-order valence-corrected chi connectivity index (χ3v) is 4.15. The highest BCUT2D eigenvalue weighted by molar-refractivity contribution is 5.79. The molecule has 1 N–H and O–H groups in total. The van der Waals surface area contributed by atoms with Gasteiger partial charge in [-0.2, -0.15) is 13.2 Å². The average molecular weight is 345 g/mol. The van der Waals surface area contributed by atoms with Crippen LogP contribution < -0.4 is 4.74 Å². The number of nitrogens with zero attached hydrogens (tertiary/aromatic N) is 1. The molecule has 0 radical (unpaired) electrons. The molecule has 1 aromatic rings. The van der Waals surface area contributed by atoms with Crippen molar-refractivity contribution in [2.24, 2.45) is 0 Å². The predicted molar refractivity (Wildman–Crippen MR) is 82.7 cm³/mol. The van der Waals surface area contributed by atoms with Crippen LogP contribution in [-0.2, 0) is 11.2 Å². The molecule has 134 valence electrons. The summed E-state index contributed by atoms with van der Waals surface area (Å²) in [5.74, 6) is 0.337. The Labute approximate surface area is 139 Å². The molecule has 1 saturated heterocycles. The van der Waals surface area contributed by atoms with Gasteiger partial charge in [-0.3, -0.25) is 4.79 Å². The largest absolute Gasteiger partial charge is 0.491 e. The summed E-state index contributed by atoms with van der Waals surface area (Å²) in [7, 11) is 0. The monoisotopic (exact) mass is 345 g/mol. The number of hydrogen-bond acceptors (Lipinski definition) is 3. The molecule has 0 saturated carbocycles. The number of benzene rings is 1. The lowest BCUT2D eigenvalue weighted by Gasteiger charge is -2.39. The molecule has 0 aromatic heterocycles. The van der Waals surface area contributed by atoms with Crippen molar-refractivity contribution in [1.82, 2.24) is 4.90 Å². The Hall–Kier alpha value is -1.76. The van der Waals surface area contributed by atoms with Gasteiger partial charge in [0.1, 0.15) is 5.75 Å². The van der Waals surface area contributed by atoms with Gasteiger partial charge in [0.05, 0.1) is 12.5 Å². The number of amides is 1. The van der Waals surface area contributed by atoms with Crippen molar-refractivity contribution in [3.05, 3.63) is 29.8 Å². The summed E-state index contributed by atoms with van der Waals surface area (Å²) in [5, 5.41) is 9.66. The van der Waals surface area contributed by atoms with E-state index in [-0.39, 0.29) is 31.5 Å². The number of piperidine rings is 1. The predicted octanol–water partition coefficient (Wildman–Crippen LogP) is 2.93. The van der Waals surface area contributed by atoms with E-state index in [4.69, 9.17) is 4.74 Å². The minimum atomic E-state index is -4.67. The summed E-state index contributed by atoms with van der Waals surface area (Å²) in [4.78, 5) is 13.7. The van der Waals surface area contributed by atoms with Crippen LogP contribution in [0.3, 0.4) is 0 Å². The van der Waals surface area contributed by atoms with Crippen LogP contribution in [0.15, 0.2) is 24.3 Å². The lowest BCUT2D eigenvalue weighted by atomic mass is 9.90. The molecule has 1 aromatic carbocycles. The molecule has 1 heterocycles. The summed E-state index contributed by atoms with van der Waals surface area (Å²) in [6.45, 7) is 3.53. The Balaban J connectivity index is 2.00. The van der Waals surface area contributed by atoms with Crippen molar-refractivity contribution in [3.63, 3.8) is 0 Å². The van der Waals surface area contributed by atoms with Gasteiger partial charge in [0.15, 0.2) is 5.60 Å². The number of para-hydroxylation sites is 1. The number of rotatable bonds is 4. The summed E-state index contributed by atoms with van der Waals surface area (Å²) in [6.07, 6.45) is -5.63. The molecule has 2 rings (SSSR count). The zero-order valence-electron chi connectivity index (χ0n) is 13.8. The number of carbonyl (C=O) groups is 1. The molecular weight excluding hydrogens is 323 g/mol. The molecule has 0 aliphatic carbocycles. The van der Waals surface area contributed by atoms with Gasteiger partial charge in [-0.05, 0) is 19.9 Å². The van der Waals surface area contributed by atoms with Crippen LogP contribution in [0.2, 0.25) is 0 Å². The van der Waals surface area contributed by atoms with Gasteiger partial charge < -0.3 is 14.7 Å². The standard InChI is InChI=1S/C17H22F3NO3/c1-12(2)24-14-6-4-3-5-13(14)11-15(22)21-9-7-16(23,8-10-21)17(18,19)20/h3-6,12,23H,7-11H2,1-2H3. The molecule has 0 bridgehead atoms. The van der Waals surface area contributed by atoms with Gasteiger partial charge in [-0.1, -0.05) is 18.2 Å². The number of halogens is 3. The number of ether oxygens (including phenoxy) is 1. The Morgan fingerprint density at radius 3 is 2.42 bits per heavy atom. The van der Waals surface area contributed by atoms with E-state index in [0.29, 0.717) is 11.3 Å². The molecule has 0 unspecified atom stereocenters. The van der Waals surface area contributed by atoms with Crippen LogP contribution in [0.5, 0.6) is 5.75 Å². The minimum Gasteiger partial charge on any atom is -0.491 e. The van der Waals surface area contributed by atoms with Crippen LogP contribution in [0.1, 0.15) is 32.3 Å². The first-order valence-corrected chi connectivity index (χ1v) is 7.94. The van der Waals surface area contributed by atoms with Crippen molar-refractivity contribution < 1.29 is 27.8 Å². The van der Waals surface area contributed by atoms with E-state index >= 15 is 0 Å². The second-order valence-corrected chi connectivity index (χ2v) is 6.36. The smallest absolute Gasteiger partial charge is 0.417 e. The van der Waals surface area contributed by atoms with E-state index in [1.165, 1.54) is 4.90 Å². The van der Waals surface area contributed by atoms with Crippen LogP contribution in [0.25, 0.3) is 0 Å². The molecule has 0 atom stereocenters. The number of carbonyl (C=O) groups excluding carboxylic acids is 1. The van der Waals surface area contributed by atoms with Crippen molar-refractivity contribution >= 4 is 5.91 Å². The maximum atomic E-state index is 12.8. The van der Waals surface area contributed by atoms with Crippen molar-refractivity contribution in [3.8, 4) is 5.75 Å². The van der Waals surface area contributed by atoms with Gasteiger partial charge in [-0.25, -0.2) is 0 Å². The van der Waals surface area contributed by atoms with Crippen LogP contribution in [0, 0.1) is 0 Å². The second kappa shape index (κ2) is 7.01. The zero-order valence-corrected chi connectivity index (χ0v) is 13.8. The van der Waals surface area contributed by atoms with E-state index in [1.54, 1.807) is 24.3 Å². The van der Waals surface area contributed by atoms with Gasteiger partial charge >= 0.3 is 6.18 Å². The van der Waals surface area contributed by atoms with Gasteiger partial charge in [0.25, 0.3) is 0 Å². The van der Waals surface area contributed by atoms with Crippen LogP contribution in [-0.4, -0.2) is 46.9 Å². The third kappa shape index (κ3) is 4.20. The Morgan fingerprint density at radius 2 is 1.88 bits per heavy atom. The molecule has 1 aliphatic heterocycles. The molecule has 1 aliphatic rings. The Bertz CT molecular complexity index is 579. The molecular formula is C17H22F3NO3. The van der Waals surface area contributed by atoms with E-state index in [9.17, 15) is 23.1 Å². The Morgan fingerprint density at radius 1 is 1.29 bits per heavy atom. The van der Waals surface area contributed by atoms with Crippen molar-refractivity contribution in [1.29, 1.82) is 0 Å². The summed E-state index contributed by atoms with van der Waals surface area (Å²) >= 11 is 0. The zero-order chi connectivity index (χ0) is 18.0. The van der Waals surface area contributed by atoms with Gasteiger partial charge in [0.2, 0.25) is 5.91 Å². The first-order valence-electron chi connectivity index (χ1n) is 7.94. The topological polar surface area (TPSA) is 49.8 Å². The SMILES string of the molecule is CC(C)Oc1ccccc1CC(=O)N1CCC(O)(C(F)(F)F)CC1. The fourth-order valence-electron chi connectivity index (χ4n) is 2.70. The quantitative estimate of drug-likeness (QED) is 0.913. The maximum absolute atomic E-state index is 12.8. The highest BCUT2D eigenvalue weighted by Gasteiger charge is 2.54. The first-order chi connectivity index (χ1) is 11.1. The lowest BCUT2D eigenvalue weighted by Crippen LogP contribution is -2.54. The van der Waals surface area contributed by atoms with E-state index in [0.717, 1.165) is 0 Å². The molecule has 0 spiro atoms. The molecule has 1 amide bonds. The maximum Gasteiger partial charge on any atom is 0.417 e. The third-order valence-electron chi connectivity index (χ3n) is 4.15. The van der Waals surface area contributed by atoms with Gasteiger partial charge in [0, 0.05) is 31.5 Å². The molecule has 1 fully saturated rings. The summed E-state index contributed by atoms with van der Waals surface area (Å²) < 4.78 is 44.1. The fourth-order valence-corrected chi connectivity index (χ4v) is 2.70. The van der Waals surface area contributed by atoms with Crippen molar-refractivity contribution in [2.45, 2.75) is 51.0 Å². The van der Waals surface area contributed by atoms with Gasteiger partial charge in [-0.15, -0.1) is 0 Å². The van der Waals surface area contributed by atoms with Crippen LogP contribution in [0.4, 0.5) is 13.2 Å². The highest BCUT2D eigenvalue weighted by atomic mass is 19.4. The molecule has 7 heteroatoms. The number of hydrogen-bond donors (Lipinski definition) is 1. The second-order valence-electron chi connectivity index (χ2n) is 6.36. The number of likely N-dealkylation sites (tertiary alicyclic amines) is 1. The average Bonchev–Trinajstić information content (AvgIpc) is 2.48.